The number of ether oxygens (including phenoxy) is 1. The largest absolute Gasteiger partial charge is 0.573 e. The zero-order chi connectivity index (χ0) is 14.8. The smallest absolute Gasteiger partial charge is 0.406 e. The summed E-state index contributed by atoms with van der Waals surface area (Å²) in [6.07, 6.45) is -4.68. The quantitative estimate of drug-likeness (QED) is 0.763. The molecule has 2 nitrogen and oxygen atoms in total. The third-order valence-corrected chi connectivity index (χ3v) is 4.54. The molecule has 0 saturated heterocycles. The van der Waals surface area contributed by atoms with E-state index in [2.05, 4.69) is 26.0 Å². The molecule has 1 aromatic heterocycles. The SMILES string of the molecule is CC(Nc1cccc(OC(F)(F)F)c1)c1sccc1Br. The highest BCUT2D eigenvalue weighted by atomic mass is 79.9. The molecule has 0 aliphatic rings. The van der Waals surface area contributed by atoms with E-state index < -0.39 is 6.36 Å². The molecule has 1 N–H and O–H groups in total. The Morgan fingerprint density at radius 2 is 2.05 bits per heavy atom. The minimum atomic E-state index is -4.68. The first-order chi connectivity index (χ1) is 9.35. The van der Waals surface area contributed by atoms with E-state index in [-0.39, 0.29) is 11.8 Å². The molecular weight excluding hydrogens is 355 g/mol. The van der Waals surface area contributed by atoms with Gasteiger partial charge in [-0.1, -0.05) is 6.07 Å². The van der Waals surface area contributed by atoms with E-state index in [0.29, 0.717) is 5.69 Å². The molecular formula is C13H11BrF3NOS. The minimum absolute atomic E-state index is 0.0227. The highest BCUT2D eigenvalue weighted by molar-refractivity contribution is 9.10. The first-order valence-corrected chi connectivity index (χ1v) is 7.37. The molecule has 1 aromatic carbocycles. The molecule has 0 radical (unpaired) electrons. The van der Waals surface area contributed by atoms with Gasteiger partial charge < -0.3 is 10.1 Å². The van der Waals surface area contributed by atoms with Crippen molar-refractivity contribution in [2.75, 3.05) is 5.32 Å². The minimum Gasteiger partial charge on any atom is -0.406 e. The van der Waals surface area contributed by atoms with E-state index in [0.717, 1.165) is 9.35 Å². The lowest BCUT2D eigenvalue weighted by Crippen LogP contribution is -2.17. The van der Waals surface area contributed by atoms with Crippen molar-refractivity contribution in [3.05, 3.63) is 45.1 Å². The average Bonchev–Trinajstić information content (AvgIpc) is 2.73. The molecule has 0 fully saturated rings. The summed E-state index contributed by atoms with van der Waals surface area (Å²) >= 11 is 5.00. The van der Waals surface area contributed by atoms with E-state index in [4.69, 9.17) is 0 Å². The number of benzene rings is 1. The molecule has 0 aliphatic heterocycles. The van der Waals surface area contributed by atoms with Crippen LogP contribution >= 0.6 is 27.3 Å². The van der Waals surface area contributed by atoms with E-state index in [1.54, 1.807) is 17.4 Å². The van der Waals surface area contributed by atoms with Gasteiger partial charge in [0.25, 0.3) is 0 Å². The molecule has 1 atom stereocenters. The Morgan fingerprint density at radius 1 is 1.30 bits per heavy atom. The predicted octanol–water partition coefficient (Wildman–Crippen LogP) is 5.58. The number of alkyl halides is 3. The van der Waals surface area contributed by atoms with Crippen molar-refractivity contribution in [3.8, 4) is 5.75 Å². The second-order valence-electron chi connectivity index (χ2n) is 4.07. The number of hydrogen-bond donors (Lipinski definition) is 1. The normalized spacial score (nSPS) is 13.1. The molecule has 2 rings (SSSR count). The summed E-state index contributed by atoms with van der Waals surface area (Å²) < 4.78 is 41.4. The zero-order valence-electron chi connectivity index (χ0n) is 10.4. The highest BCUT2D eigenvalue weighted by Gasteiger charge is 2.31. The number of nitrogens with one attached hydrogen (secondary N) is 1. The van der Waals surface area contributed by atoms with Crippen LogP contribution in [-0.4, -0.2) is 6.36 Å². The van der Waals surface area contributed by atoms with E-state index in [1.165, 1.54) is 18.2 Å². The van der Waals surface area contributed by atoms with Crippen LogP contribution < -0.4 is 10.1 Å². The Kier molecular flexibility index (Phi) is 4.59. The van der Waals surface area contributed by atoms with E-state index >= 15 is 0 Å². The lowest BCUT2D eigenvalue weighted by atomic mass is 10.2. The fraction of sp³-hybridized carbons (Fsp3) is 0.231. The van der Waals surface area contributed by atoms with Gasteiger partial charge in [0, 0.05) is 21.1 Å². The van der Waals surface area contributed by atoms with Crippen LogP contribution in [0.5, 0.6) is 5.75 Å². The van der Waals surface area contributed by atoms with Gasteiger partial charge in [-0.15, -0.1) is 24.5 Å². The van der Waals surface area contributed by atoms with Crippen LogP contribution in [-0.2, 0) is 0 Å². The summed E-state index contributed by atoms with van der Waals surface area (Å²) in [4.78, 5) is 1.08. The van der Waals surface area contributed by atoms with Crippen LogP contribution in [0.4, 0.5) is 18.9 Å². The number of hydrogen-bond acceptors (Lipinski definition) is 3. The predicted molar refractivity (Wildman–Crippen MR) is 77.2 cm³/mol. The van der Waals surface area contributed by atoms with Crippen molar-refractivity contribution < 1.29 is 17.9 Å². The summed E-state index contributed by atoms with van der Waals surface area (Å²) in [5, 5.41) is 5.09. The highest BCUT2D eigenvalue weighted by Crippen LogP contribution is 2.32. The van der Waals surface area contributed by atoms with Gasteiger partial charge in [-0.3, -0.25) is 0 Å². The average molecular weight is 366 g/mol. The molecule has 20 heavy (non-hydrogen) atoms. The maximum Gasteiger partial charge on any atom is 0.573 e. The van der Waals surface area contributed by atoms with Crippen LogP contribution in [0.25, 0.3) is 0 Å². The lowest BCUT2D eigenvalue weighted by molar-refractivity contribution is -0.274. The van der Waals surface area contributed by atoms with E-state index in [1.807, 2.05) is 18.4 Å². The van der Waals surface area contributed by atoms with E-state index in [9.17, 15) is 13.2 Å². The molecule has 1 heterocycles. The monoisotopic (exact) mass is 365 g/mol. The summed E-state index contributed by atoms with van der Waals surface area (Å²) in [5.74, 6) is -0.236. The Bertz CT molecular complexity index is 585. The number of rotatable bonds is 4. The van der Waals surface area contributed by atoms with Crippen molar-refractivity contribution in [1.29, 1.82) is 0 Å². The van der Waals surface area contributed by atoms with Crippen LogP contribution in [0.3, 0.4) is 0 Å². The van der Waals surface area contributed by atoms with Gasteiger partial charge in [0.05, 0.1) is 6.04 Å². The first kappa shape index (κ1) is 15.2. The standard InChI is InChI=1S/C13H11BrF3NOS/c1-8(12-11(14)5-6-20-12)18-9-3-2-4-10(7-9)19-13(15,16)17/h2-8,18H,1H3. The fourth-order valence-electron chi connectivity index (χ4n) is 1.71. The molecule has 0 amide bonds. The van der Waals surface area contributed by atoms with Crippen molar-refractivity contribution in [2.24, 2.45) is 0 Å². The van der Waals surface area contributed by atoms with Gasteiger partial charge in [0.2, 0.25) is 0 Å². The number of halogens is 4. The number of thiophene rings is 1. The van der Waals surface area contributed by atoms with Crippen molar-refractivity contribution in [2.45, 2.75) is 19.3 Å². The Hall–Kier alpha value is -1.21. The Balaban J connectivity index is 2.10. The van der Waals surface area contributed by atoms with Crippen LogP contribution in [0.2, 0.25) is 0 Å². The summed E-state index contributed by atoms with van der Waals surface area (Å²) in [6.45, 7) is 1.94. The molecule has 0 spiro atoms. The van der Waals surface area contributed by atoms with Gasteiger partial charge in [0.15, 0.2) is 0 Å². The summed E-state index contributed by atoms with van der Waals surface area (Å²) in [5.41, 5.74) is 0.569. The molecule has 0 aliphatic carbocycles. The molecule has 108 valence electrons. The topological polar surface area (TPSA) is 21.3 Å². The number of anilines is 1. The van der Waals surface area contributed by atoms with Crippen molar-refractivity contribution >= 4 is 33.0 Å². The summed E-state index contributed by atoms with van der Waals surface area (Å²) in [6, 6.07) is 7.71. The zero-order valence-corrected chi connectivity index (χ0v) is 12.8. The van der Waals surface area contributed by atoms with Crippen LogP contribution in [0.15, 0.2) is 40.2 Å². The van der Waals surface area contributed by atoms with Gasteiger partial charge in [-0.25, -0.2) is 0 Å². The third kappa shape index (κ3) is 4.14. The fourth-order valence-corrected chi connectivity index (χ4v) is 3.44. The van der Waals surface area contributed by atoms with Crippen LogP contribution in [0.1, 0.15) is 17.8 Å². The first-order valence-electron chi connectivity index (χ1n) is 5.70. The molecule has 0 bridgehead atoms. The van der Waals surface area contributed by atoms with Gasteiger partial charge >= 0.3 is 6.36 Å². The molecule has 2 aromatic rings. The molecule has 0 saturated carbocycles. The van der Waals surface area contributed by atoms with Crippen LogP contribution in [0, 0.1) is 0 Å². The third-order valence-electron chi connectivity index (χ3n) is 2.49. The van der Waals surface area contributed by atoms with Gasteiger partial charge in [-0.05, 0) is 46.4 Å². The van der Waals surface area contributed by atoms with Gasteiger partial charge in [-0.2, -0.15) is 0 Å². The summed E-state index contributed by atoms with van der Waals surface area (Å²) in [7, 11) is 0. The second kappa shape index (κ2) is 6.05. The van der Waals surface area contributed by atoms with Gasteiger partial charge in [0.1, 0.15) is 5.75 Å². The molecule has 7 heteroatoms. The molecule has 1 unspecified atom stereocenters. The Labute approximate surface area is 126 Å². The van der Waals surface area contributed by atoms with Crippen molar-refractivity contribution in [1.82, 2.24) is 0 Å². The van der Waals surface area contributed by atoms with Crippen molar-refractivity contribution in [3.63, 3.8) is 0 Å². The lowest BCUT2D eigenvalue weighted by Gasteiger charge is -2.16. The Morgan fingerprint density at radius 3 is 2.65 bits per heavy atom. The second-order valence-corrected chi connectivity index (χ2v) is 5.88. The maximum atomic E-state index is 12.2. The maximum absolute atomic E-state index is 12.2.